The molecular formula is C15H21F3N2O. The van der Waals surface area contributed by atoms with Crippen LogP contribution in [0, 0.1) is 5.92 Å². The molecule has 1 unspecified atom stereocenters. The van der Waals surface area contributed by atoms with E-state index in [0.29, 0.717) is 5.92 Å². The van der Waals surface area contributed by atoms with Crippen molar-refractivity contribution in [2.45, 2.75) is 39.4 Å². The number of nitrogen functional groups attached to an aromatic ring is 1. The molecule has 0 spiro atoms. The van der Waals surface area contributed by atoms with Crippen LogP contribution in [0.15, 0.2) is 18.2 Å². The zero-order valence-electron chi connectivity index (χ0n) is 12.7. The number of nitrogens with zero attached hydrogens (tertiary/aromatic N) is 1. The Kier molecular flexibility index (Phi) is 5.25. The molecule has 0 saturated carbocycles. The van der Waals surface area contributed by atoms with Gasteiger partial charge in [-0.15, -0.1) is 0 Å². The van der Waals surface area contributed by atoms with Gasteiger partial charge >= 0.3 is 6.18 Å². The lowest BCUT2D eigenvalue weighted by atomic mass is 10.0. The molecule has 1 aromatic rings. The van der Waals surface area contributed by atoms with Gasteiger partial charge in [0.05, 0.1) is 16.8 Å². The number of carbonyl (C=O) groups excluding carboxylic acids is 1. The van der Waals surface area contributed by atoms with Crippen molar-refractivity contribution in [2.75, 3.05) is 12.8 Å². The van der Waals surface area contributed by atoms with Crippen LogP contribution in [0.3, 0.4) is 0 Å². The third-order valence-corrected chi connectivity index (χ3v) is 3.44. The fourth-order valence-corrected chi connectivity index (χ4v) is 2.23. The lowest BCUT2D eigenvalue weighted by Crippen LogP contribution is -2.36. The zero-order chi connectivity index (χ0) is 16.4. The SMILES string of the molecule is CC(C)CC(C)N(C)C(=O)c1cccc(C(F)(F)F)c1N. The summed E-state index contributed by atoms with van der Waals surface area (Å²) in [6.45, 7) is 5.91. The molecule has 0 aliphatic heterocycles. The molecule has 0 fully saturated rings. The van der Waals surface area contributed by atoms with Crippen LogP contribution in [0.5, 0.6) is 0 Å². The average molecular weight is 302 g/mol. The quantitative estimate of drug-likeness (QED) is 0.860. The maximum absolute atomic E-state index is 12.8. The topological polar surface area (TPSA) is 46.3 Å². The number of benzene rings is 1. The number of nitrogens with two attached hydrogens (primary N) is 1. The molecule has 0 aliphatic carbocycles. The number of amides is 1. The number of hydrogen-bond acceptors (Lipinski definition) is 2. The number of carbonyl (C=O) groups is 1. The van der Waals surface area contributed by atoms with Crippen LogP contribution in [-0.4, -0.2) is 23.9 Å². The first-order valence-corrected chi connectivity index (χ1v) is 6.78. The van der Waals surface area contributed by atoms with E-state index in [1.807, 2.05) is 20.8 Å². The summed E-state index contributed by atoms with van der Waals surface area (Å²) in [6, 6.07) is 3.33. The van der Waals surface area contributed by atoms with Crippen molar-refractivity contribution in [2.24, 2.45) is 5.92 Å². The van der Waals surface area contributed by atoms with Crippen molar-refractivity contribution in [1.29, 1.82) is 0 Å². The molecular weight excluding hydrogens is 281 g/mol. The van der Waals surface area contributed by atoms with Gasteiger partial charge in [0.25, 0.3) is 5.91 Å². The minimum absolute atomic E-state index is 0.0774. The summed E-state index contributed by atoms with van der Waals surface area (Å²) in [5, 5.41) is 0. The van der Waals surface area contributed by atoms with Gasteiger partial charge in [-0.05, 0) is 31.4 Å². The first-order valence-electron chi connectivity index (χ1n) is 6.78. The summed E-state index contributed by atoms with van der Waals surface area (Å²) in [4.78, 5) is 13.8. The minimum atomic E-state index is -4.57. The van der Waals surface area contributed by atoms with Crippen molar-refractivity contribution in [3.8, 4) is 0 Å². The normalized spacial score (nSPS) is 13.3. The maximum atomic E-state index is 12.8. The molecule has 1 aromatic carbocycles. The maximum Gasteiger partial charge on any atom is 0.418 e. The highest BCUT2D eigenvalue weighted by molar-refractivity contribution is 5.99. The summed E-state index contributed by atoms with van der Waals surface area (Å²) in [7, 11) is 1.58. The summed E-state index contributed by atoms with van der Waals surface area (Å²) >= 11 is 0. The second-order valence-corrected chi connectivity index (χ2v) is 5.66. The molecule has 0 heterocycles. The van der Waals surface area contributed by atoms with Crippen LogP contribution < -0.4 is 5.73 Å². The van der Waals surface area contributed by atoms with E-state index >= 15 is 0 Å². The van der Waals surface area contributed by atoms with Crippen LogP contribution in [0.4, 0.5) is 18.9 Å². The molecule has 0 saturated heterocycles. The van der Waals surface area contributed by atoms with Gasteiger partial charge in [0.2, 0.25) is 0 Å². The van der Waals surface area contributed by atoms with Gasteiger partial charge in [-0.3, -0.25) is 4.79 Å². The Bertz CT molecular complexity index is 512. The van der Waals surface area contributed by atoms with Crippen LogP contribution in [0.2, 0.25) is 0 Å². The van der Waals surface area contributed by atoms with Crippen LogP contribution >= 0.6 is 0 Å². The van der Waals surface area contributed by atoms with Crippen molar-refractivity contribution < 1.29 is 18.0 Å². The van der Waals surface area contributed by atoms with E-state index in [9.17, 15) is 18.0 Å². The van der Waals surface area contributed by atoms with Gasteiger partial charge in [-0.25, -0.2) is 0 Å². The molecule has 2 N–H and O–H groups in total. The lowest BCUT2D eigenvalue weighted by Gasteiger charge is -2.27. The molecule has 21 heavy (non-hydrogen) atoms. The van der Waals surface area contributed by atoms with Gasteiger partial charge in [-0.1, -0.05) is 19.9 Å². The fourth-order valence-electron chi connectivity index (χ4n) is 2.23. The first-order chi connectivity index (χ1) is 9.55. The standard InChI is InChI=1S/C15H21F3N2O/c1-9(2)8-10(3)20(4)14(21)11-6-5-7-12(13(11)19)15(16,17)18/h5-7,9-10H,8,19H2,1-4H3. The molecule has 3 nitrogen and oxygen atoms in total. The second-order valence-electron chi connectivity index (χ2n) is 5.66. The lowest BCUT2D eigenvalue weighted by molar-refractivity contribution is -0.136. The Morgan fingerprint density at radius 2 is 1.86 bits per heavy atom. The minimum Gasteiger partial charge on any atom is -0.398 e. The van der Waals surface area contributed by atoms with E-state index in [1.165, 1.54) is 17.0 Å². The molecule has 1 atom stereocenters. The average Bonchev–Trinajstić information content (AvgIpc) is 2.35. The predicted molar refractivity (Wildman–Crippen MR) is 76.9 cm³/mol. The Morgan fingerprint density at radius 1 is 1.29 bits per heavy atom. The van der Waals surface area contributed by atoms with E-state index in [2.05, 4.69) is 0 Å². The van der Waals surface area contributed by atoms with Gasteiger partial charge in [0, 0.05) is 13.1 Å². The molecule has 0 bridgehead atoms. The summed E-state index contributed by atoms with van der Waals surface area (Å²) in [5.74, 6) is -0.110. The van der Waals surface area contributed by atoms with Gasteiger partial charge < -0.3 is 10.6 Å². The third-order valence-electron chi connectivity index (χ3n) is 3.44. The van der Waals surface area contributed by atoms with Crippen molar-refractivity contribution in [3.05, 3.63) is 29.3 Å². The Labute approximate surface area is 122 Å². The van der Waals surface area contributed by atoms with E-state index < -0.39 is 23.3 Å². The predicted octanol–water partition coefficient (Wildman–Crippen LogP) is 3.79. The van der Waals surface area contributed by atoms with E-state index in [1.54, 1.807) is 7.05 Å². The molecule has 6 heteroatoms. The van der Waals surface area contributed by atoms with E-state index in [0.717, 1.165) is 12.5 Å². The highest BCUT2D eigenvalue weighted by atomic mass is 19.4. The Hall–Kier alpha value is -1.72. The number of rotatable bonds is 4. The number of anilines is 1. The van der Waals surface area contributed by atoms with Gasteiger partial charge in [0.15, 0.2) is 0 Å². The van der Waals surface area contributed by atoms with Crippen molar-refractivity contribution >= 4 is 11.6 Å². The molecule has 0 radical (unpaired) electrons. The van der Waals surface area contributed by atoms with E-state index in [-0.39, 0.29) is 11.6 Å². The molecule has 0 aromatic heterocycles. The van der Waals surface area contributed by atoms with Crippen molar-refractivity contribution in [3.63, 3.8) is 0 Å². The first kappa shape index (κ1) is 17.3. The summed E-state index contributed by atoms with van der Waals surface area (Å²) < 4.78 is 38.5. The molecule has 0 aliphatic rings. The number of halogens is 3. The largest absolute Gasteiger partial charge is 0.418 e. The Morgan fingerprint density at radius 3 is 2.33 bits per heavy atom. The fraction of sp³-hybridized carbons (Fsp3) is 0.533. The second kappa shape index (κ2) is 6.37. The van der Waals surface area contributed by atoms with Crippen LogP contribution in [0.1, 0.15) is 43.1 Å². The molecule has 118 valence electrons. The zero-order valence-corrected chi connectivity index (χ0v) is 12.7. The highest BCUT2D eigenvalue weighted by Gasteiger charge is 2.34. The number of hydrogen-bond donors (Lipinski definition) is 1. The van der Waals surface area contributed by atoms with Crippen LogP contribution in [-0.2, 0) is 6.18 Å². The van der Waals surface area contributed by atoms with E-state index in [4.69, 9.17) is 5.73 Å². The van der Waals surface area contributed by atoms with Crippen LogP contribution in [0.25, 0.3) is 0 Å². The number of alkyl halides is 3. The number of para-hydroxylation sites is 1. The highest BCUT2D eigenvalue weighted by Crippen LogP contribution is 2.35. The Balaban J connectivity index is 3.09. The van der Waals surface area contributed by atoms with Gasteiger partial charge in [-0.2, -0.15) is 13.2 Å². The molecule has 1 amide bonds. The summed E-state index contributed by atoms with van der Waals surface area (Å²) in [6.07, 6.45) is -3.80. The summed E-state index contributed by atoms with van der Waals surface area (Å²) in [5.41, 5.74) is 3.94. The van der Waals surface area contributed by atoms with Crippen molar-refractivity contribution in [1.82, 2.24) is 4.90 Å². The third kappa shape index (κ3) is 4.12. The monoisotopic (exact) mass is 302 g/mol. The smallest absolute Gasteiger partial charge is 0.398 e. The molecule has 1 rings (SSSR count). The van der Waals surface area contributed by atoms with Gasteiger partial charge in [0.1, 0.15) is 0 Å².